The molecule has 3 rings (SSSR count). The molecule has 1 aliphatic rings. The SMILES string of the molecule is CC(CN)C(=O)Nc1nc2cc3c(cc2s1)OC(F)(F)O3. The molecule has 0 fully saturated rings. The maximum atomic E-state index is 12.9. The van der Waals surface area contributed by atoms with Crippen LogP contribution in [0.1, 0.15) is 6.92 Å². The van der Waals surface area contributed by atoms with E-state index in [1.807, 2.05) is 0 Å². The number of thiazole rings is 1. The topological polar surface area (TPSA) is 86.5 Å². The minimum Gasteiger partial charge on any atom is -0.395 e. The quantitative estimate of drug-likeness (QED) is 0.906. The van der Waals surface area contributed by atoms with Gasteiger partial charge in [0.15, 0.2) is 16.6 Å². The number of benzene rings is 1. The van der Waals surface area contributed by atoms with Gasteiger partial charge in [0.25, 0.3) is 0 Å². The van der Waals surface area contributed by atoms with Crippen molar-refractivity contribution < 1.29 is 23.0 Å². The number of nitrogens with one attached hydrogen (secondary N) is 1. The molecule has 1 aromatic carbocycles. The first-order valence-corrected chi connectivity index (χ1v) is 6.91. The van der Waals surface area contributed by atoms with Gasteiger partial charge in [-0.05, 0) is 0 Å². The van der Waals surface area contributed by atoms with Crippen LogP contribution in [0.3, 0.4) is 0 Å². The Balaban J connectivity index is 1.88. The molecule has 6 nitrogen and oxygen atoms in total. The third-order valence-corrected chi connectivity index (χ3v) is 3.88. The summed E-state index contributed by atoms with van der Waals surface area (Å²) in [6.07, 6.45) is -3.65. The third-order valence-electron chi connectivity index (χ3n) is 2.94. The lowest BCUT2D eigenvalue weighted by Gasteiger charge is -2.06. The number of fused-ring (bicyclic) bond motifs is 2. The Morgan fingerprint density at radius 3 is 2.81 bits per heavy atom. The van der Waals surface area contributed by atoms with Crippen molar-refractivity contribution in [3.63, 3.8) is 0 Å². The smallest absolute Gasteiger partial charge is 0.395 e. The van der Waals surface area contributed by atoms with E-state index in [4.69, 9.17) is 5.73 Å². The Kier molecular flexibility index (Phi) is 3.18. The molecule has 1 atom stereocenters. The van der Waals surface area contributed by atoms with Crippen LogP contribution >= 0.6 is 11.3 Å². The molecule has 1 aliphatic heterocycles. The van der Waals surface area contributed by atoms with Gasteiger partial charge in [0, 0.05) is 24.6 Å². The van der Waals surface area contributed by atoms with E-state index in [1.54, 1.807) is 6.92 Å². The first-order valence-electron chi connectivity index (χ1n) is 6.09. The van der Waals surface area contributed by atoms with Crippen LogP contribution < -0.4 is 20.5 Å². The number of hydrogen-bond donors (Lipinski definition) is 2. The lowest BCUT2D eigenvalue weighted by molar-refractivity contribution is -0.286. The van der Waals surface area contributed by atoms with Crippen molar-refractivity contribution >= 4 is 32.6 Å². The average molecular weight is 315 g/mol. The van der Waals surface area contributed by atoms with Gasteiger partial charge in [-0.3, -0.25) is 4.79 Å². The fourth-order valence-corrected chi connectivity index (χ4v) is 2.64. The number of anilines is 1. The van der Waals surface area contributed by atoms with Gasteiger partial charge < -0.3 is 20.5 Å². The van der Waals surface area contributed by atoms with Crippen LogP contribution in [0.15, 0.2) is 12.1 Å². The lowest BCUT2D eigenvalue weighted by Crippen LogP contribution is -2.26. The zero-order chi connectivity index (χ0) is 15.2. The Morgan fingerprint density at radius 1 is 1.48 bits per heavy atom. The molecule has 21 heavy (non-hydrogen) atoms. The molecule has 1 amide bonds. The molecule has 1 unspecified atom stereocenters. The average Bonchev–Trinajstić information content (AvgIpc) is 2.91. The Labute approximate surface area is 121 Å². The number of carbonyl (C=O) groups excluding carboxylic acids is 1. The second-order valence-corrected chi connectivity index (χ2v) is 5.61. The monoisotopic (exact) mass is 315 g/mol. The summed E-state index contributed by atoms with van der Waals surface area (Å²) in [7, 11) is 0. The van der Waals surface area contributed by atoms with Crippen molar-refractivity contribution in [3.8, 4) is 11.5 Å². The number of amides is 1. The van der Waals surface area contributed by atoms with Gasteiger partial charge in [-0.2, -0.15) is 0 Å². The number of carbonyl (C=O) groups is 1. The number of hydrogen-bond acceptors (Lipinski definition) is 6. The van der Waals surface area contributed by atoms with Crippen molar-refractivity contribution in [2.45, 2.75) is 13.2 Å². The van der Waals surface area contributed by atoms with Gasteiger partial charge in [0.2, 0.25) is 5.91 Å². The summed E-state index contributed by atoms with van der Waals surface area (Å²) in [6, 6.07) is 2.76. The molecule has 2 heterocycles. The molecule has 0 bridgehead atoms. The standard InChI is InChI=1S/C12H11F2N3O3S/c1-5(4-15)10(18)17-11-16-6-2-7-8(3-9(6)21-11)20-12(13,14)19-7/h2-3,5H,4,15H2,1H3,(H,16,17,18). The fourth-order valence-electron chi connectivity index (χ4n) is 1.76. The number of nitrogens with zero attached hydrogens (tertiary/aromatic N) is 1. The number of rotatable bonds is 3. The minimum atomic E-state index is -3.65. The molecule has 0 saturated heterocycles. The molecule has 0 saturated carbocycles. The molecule has 3 N–H and O–H groups in total. The minimum absolute atomic E-state index is 0.0515. The van der Waals surface area contributed by atoms with Crippen molar-refractivity contribution in [3.05, 3.63) is 12.1 Å². The molecule has 9 heteroatoms. The van der Waals surface area contributed by atoms with Gasteiger partial charge in [0.05, 0.1) is 10.2 Å². The van der Waals surface area contributed by atoms with E-state index in [0.717, 1.165) is 11.3 Å². The molecule has 0 radical (unpaired) electrons. The van der Waals surface area contributed by atoms with Gasteiger partial charge in [-0.15, -0.1) is 8.78 Å². The van der Waals surface area contributed by atoms with Crippen LogP contribution in [0.25, 0.3) is 10.2 Å². The summed E-state index contributed by atoms with van der Waals surface area (Å²) in [5, 5.41) is 3.00. The number of alkyl halides is 2. The summed E-state index contributed by atoms with van der Waals surface area (Å²) < 4.78 is 35.2. The largest absolute Gasteiger partial charge is 0.586 e. The highest BCUT2D eigenvalue weighted by molar-refractivity contribution is 7.22. The summed E-state index contributed by atoms with van der Waals surface area (Å²) in [4.78, 5) is 15.9. The van der Waals surface area contributed by atoms with Crippen molar-refractivity contribution in [2.75, 3.05) is 11.9 Å². The van der Waals surface area contributed by atoms with E-state index in [2.05, 4.69) is 19.8 Å². The number of halogens is 2. The molecular weight excluding hydrogens is 304 g/mol. The first kappa shape index (κ1) is 14.0. The van der Waals surface area contributed by atoms with Gasteiger partial charge in [-0.1, -0.05) is 18.3 Å². The third kappa shape index (κ3) is 2.61. The second kappa shape index (κ2) is 4.78. The van der Waals surface area contributed by atoms with Crippen LogP contribution in [0.4, 0.5) is 13.9 Å². The maximum Gasteiger partial charge on any atom is 0.586 e. The van der Waals surface area contributed by atoms with E-state index in [1.165, 1.54) is 12.1 Å². The Bertz CT molecular complexity index is 674. The number of nitrogens with two attached hydrogens (primary N) is 1. The summed E-state index contributed by atoms with van der Waals surface area (Å²) in [5.74, 6) is -0.717. The molecule has 112 valence electrons. The normalized spacial score (nSPS) is 17.0. The maximum absolute atomic E-state index is 12.9. The first-order chi connectivity index (χ1) is 9.88. The van der Waals surface area contributed by atoms with Gasteiger partial charge in [0.1, 0.15) is 0 Å². The lowest BCUT2D eigenvalue weighted by atomic mass is 10.2. The predicted molar refractivity (Wildman–Crippen MR) is 72.7 cm³/mol. The zero-order valence-corrected chi connectivity index (χ0v) is 11.7. The molecular formula is C12H11F2N3O3S. The summed E-state index contributed by atoms with van der Waals surface area (Å²) in [5.41, 5.74) is 5.85. The highest BCUT2D eigenvalue weighted by Crippen LogP contribution is 2.44. The van der Waals surface area contributed by atoms with Crippen molar-refractivity contribution in [2.24, 2.45) is 11.7 Å². The zero-order valence-electron chi connectivity index (χ0n) is 10.9. The van der Waals surface area contributed by atoms with Crippen LogP contribution in [0.5, 0.6) is 11.5 Å². The highest BCUT2D eigenvalue weighted by atomic mass is 32.1. The van der Waals surface area contributed by atoms with Gasteiger partial charge >= 0.3 is 6.29 Å². The number of ether oxygens (including phenoxy) is 2. The molecule has 0 spiro atoms. The number of aromatic nitrogens is 1. The van der Waals surface area contributed by atoms with Crippen LogP contribution in [-0.2, 0) is 4.79 Å². The van der Waals surface area contributed by atoms with E-state index in [-0.39, 0.29) is 29.9 Å². The fraction of sp³-hybridized carbons (Fsp3) is 0.333. The Hall–Kier alpha value is -2.00. The Morgan fingerprint density at radius 2 is 2.14 bits per heavy atom. The second-order valence-electron chi connectivity index (χ2n) is 4.58. The van der Waals surface area contributed by atoms with Crippen LogP contribution in [0, 0.1) is 5.92 Å². The molecule has 2 aromatic rings. The predicted octanol–water partition coefficient (Wildman–Crippen LogP) is 2.15. The van der Waals surface area contributed by atoms with E-state index < -0.39 is 6.29 Å². The van der Waals surface area contributed by atoms with Crippen LogP contribution in [0.2, 0.25) is 0 Å². The van der Waals surface area contributed by atoms with E-state index in [9.17, 15) is 13.6 Å². The highest BCUT2D eigenvalue weighted by Gasteiger charge is 2.43. The molecule has 1 aromatic heterocycles. The summed E-state index contributed by atoms with van der Waals surface area (Å²) >= 11 is 1.16. The molecule has 0 aliphatic carbocycles. The van der Waals surface area contributed by atoms with Crippen LogP contribution in [-0.4, -0.2) is 23.7 Å². The summed E-state index contributed by atoms with van der Waals surface area (Å²) in [6.45, 7) is 1.92. The van der Waals surface area contributed by atoms with Crippen molar-refractivity contribution in [1.82, 2.24) is 4.98 Å². The van der Waals surface area contributed by atoms with E-state index >= 15 is 0 Å². The van der Waals surface area contributed by atoms with Gasteiger partial charge in [-0.25, -0.2) is 4.98 Å². The van der Waals surface area contributed by atoms with E-state index in [0.29, 0.717) is 15.3 Å². The van der Waals surface area contributed by atoms with Crippen molar-refractivity contribution in [1.29, 1.82) is 0 Å².